The average molecular weight is 364 g/mol. The van der Waals surface area contributed by atoms with Crippen molar-refractivity contribution in [2.24, 2.45) is 4.99 Å². The molecule has 7 heteroatoms. The number of methoxy groups -OCH3 is 1. The molecule has 0 heterocycles. The van der Waals surface area contributed by atoms with E-state index in [0.717, 1.165) is 0 Å². The SMILES string of the molecule is C=C(C(=O)OCC)C(C=C(Cl)NC)=Nc1cccc(C(C)=N)c1OC. The molecular formula is C18H22ClN3O3. The van der Waals surface area contributed by atoms with Crippen molar-refractivity contribution in [3.8, 4) is 5.75 Å². The number of carbonyl (C=O) groups excluding carboxylic acids is 1. The lowest BCUT2D eigenvalue weighted by atomic mass is 10.1. The second kappa shape index (κ2) is 9.64. The fourth-order valence-electron chi connectivity index (χ4n) is 1.95. The molecule has 0 saturated carbocycles. The zero-order valence-electron chi connectivity index (χ0n) is 14.8. The summed E-state index contributed by atoms with van der Waals surface area (Å²) in [6.45, 7) is 7.33. The molecule has 0 aliphatic carbocycles. The van der Waals surface area contributed by atoms with Crippen molar-refractivity contribution in [2.45, 2.75) is 13.8 Å². The van der Waals surface area contributed by atoms with Gasteiger partial charge in [0.1, 0.15) is 10.8 Å². The van der Waals surface area contributed by atoms with E-state index < -0.39 is 5.97 Å². The number of hydrogen-bond acceptors (Lipinski definition) is 6. The van der Waals surface area contributed by atoms with Gasteiger partial charge >= 0.3 is 5.97 Å². The van der Waals surface area contributed by atoms with E-state index >= 15 is 0 Å². The van der Waals surface area contributed by atoms with E-state index in [1.54, 1.807) is 39.1 Å². The van der Waals surface area contributed by atoms with E-state index in [2.05, 4.69) is 16.9 Å². The summed E-state index contributed by atoms with van der Waals surface area (Å²) in [6, 6.07) is 5.23. The van der Waals surface area contributed by atoms with Crippen molar-refractivity contribution < 1.29 is 14.3 Å². The number of esters is 1. The van der Waals surface area contributed by atoms with Crippen LogP contribution in [0.25, 0.3) is 0 Å². The van der Waals surface area contributed by atoms with Gasteiger partial charge in [-0.15, -0.1) is 0 Å². The molecule has 2 N–H and O–H groups in total. The van der Waals surface area contributed by atoms with Gasteiger partial charge in [-0.3, -0.25) is 0 Å². The molecule has 0 unspecified atom stereocenters. The molecule has 0 amide bonds. The molecule has 0 aliphatic rings. The van der Waals surface area contributed by atoms with Gasteiger partial charge in [-0.1, -0.05) is 24.2 Å². The van der Waals surface area contributed by atoms with Gasteiger partial charge in [-0.05, 0) is 32.1 Å². The maximum atomic E-state index is 12.0. The number of ether oxygens (including phenoxy) is 2. The first-order valence-corrected chi connectivity index (χ1v) is 7.96. The maximum absolute atomic E-state index is 12.0. The molecule has 0 aromatic heterocycles. The smallest absolute Gasteiger partial charge is 0.339 e. The third-order valence-corrected chi connectivity index (χ3v) is 3.47. The lowest BCUT2D eigenvalue weighted by molar-refractivity contribution is -0.137. The molecule has 0 spiro atoms. The van der Waals surface area contributed by atoms with Gasteiger partial charge in [0.15, 0.2) is 5.75 Å². The molecule has 0 radical (unpaired) electrons. The number of rotatable bonds is 8. The molecular weight excluding hydrogens is 342 g/mol. The second-order valence-corrected chi connectivity index (χ2v) is 5.33. The molecule has 0 saturated heterocycles. The first kappa shape index (κ1) is 20.4. The molecule has 0 aliphatic heterocycles. The Kier molecular flexibility index (Phi) is 7.88. The van der Waals surface area contributed by atoms with Crippen LogP contribution in [0.5, 0.6) is 5.75 Å². The molecule has 1 aromatic carbocycles. The second-order valence-electron chi connectivity index (χ2n) is 4.92. The summed E-state index contributed by atoms with van der Waals surface area (Å²) in [7, 11) is 3.14. The largest absolute Gasteiger partial charge is 0.494 e. The maximum Gasteiger partial charge on any atom is 0.339 e. The fourth-order valence-corrected chi connectivity index (χ4v) is 2.06. The van der Waals surface area contributed by atoms with E-state index in [1.165, 1.54) is 13.2 Å². The Morgan fingerprint density at radius 1 is 1.48 bits per heavy atom. The molecule has 1 rings (SSSR count). The predicted molar refractivity (Wildman–Crippen MR) is 101 cm³/mol. The van der Waals surface area contributed by atoms with Gasteiger partial charge in [0.25, 0.3) is 0 Å². The quantitative estimate of drug-likeness (QED) is 0.320. The Balaban J connectivity index is 3.50. The Hall–Kier alpha value is -2.60. The van der Waals surface area contributed by atoms with Gasteiger partial charge in [0.05, 0.1) is 25.0 Å². The number of nitrogens with one attached hydrogen (secondary N) is 2. The van der Waals surface area contributed by atoms with Crippen LogP contribution in [0.1, 0.15) is 19.4 Å². The van der Waals surface area contributed by atoms with Crippen molar-refractivity contribution in [2.75, 3.05) is 20.8 Å². The summed E-state index contributed by atoms with van der Waals surface area (Å²) in [4.78, 5) is 16.5. The van der Waals surface area contributed by atoms with Crippen LogP contribution in [0.4, 0.5) is 5.69 Å². The summed E-state index contributed by atoms with van der Waals surface area (Å²) in [6.07, 6.45) is 1.48. The van der Waals surface area contributed by atoms with Crippen LogP contribution in [-0.2, 0) is 9.53 Å². The number of allylic oxidation sites excluding steroid dienone is 1. The van der Waals surface area contributed by atoms with Crippen LogP contribution in [0.3, 0.4) is 0 Å². The number of halogens is 1. The van der Waals surface area contributed by atoms with Crippen molar-refractivity contribution in [3.05, 3.63) is 47.1 Å². The van der Waals surface area contributed by atoms with Crippen molar-refractivity contribution in [1.82, 2.24) is 5.32 Å². The first-order valence-electron chi connectivity index (χ1n) is 7.58. The highest BCUT2D eigenvalue weighted by molar-refractivity contribution is 6.33. The summed E-state index contributed by atoms with van der Waals surface area (Å²) >= 11 is 6.02. The Morgan fingerprint density at radius 2 is 2.16 bits per heavy atom. The van der Waals surface area contributed by atoms with Gasteiger partial charge in [0.2, 0.25) is 0 Å². The summed E-state index contributed by atoms with van der Waals surface area (Å²) < 4.78 is 10.4. The van der Waals surface area contributed by atoms with Crippen molar-refractivity contribution >= 4 is 34.7 Å². The van der Waals surface area contributed by atoms with Crippen molar-refractivity contribution in [1.29, 1.82) is 5.41 Å². The molecule has 134 valence electrons. The number of hydrogen-bond donors (Lipinski definition) is 2. The summed E-state index contributed by atoms with van der Waals surface area (Å²) in [5.41, 5.74) is 1.69. The van der Waals surface area contributed by atoms with Crippen LogP contribution in [0, 0.1) is 5.41 Å². The summed E-state index contributed by atoms with van der Waals surface area (Å²) in [5.74, 6) is -0.158. The Labute approximate surface area is 152 Å². The monoisotopic (exact) mass is 363 g/mol. The molecule has 0 atom stereocenters. The highest BCUT2D eigenvalue weighted by Crippen LogP contribution is 2.32. The highest BCUT2D eigenvalue weighted by Gasteiger charge is 2.16. The highest BCUT2D eigenvalue weighted by atomic mass is 35.5. The minimum Gasteiger partial charge on any atom is -0.494 e. The van der Waals surface area contributed by atoms with Crippen LogP contribution < -0.4 is 10.1 Å². The minimum atomic E-state index is -0.587. The van der Waals surface area contributed by atoms with E-state index in [-0.39, 0.29) is 23.0 Å². The number of benzene rings is 1. The van der Waals surface area contributed by atoms with Crippen LogP contribution in [-0.4, -0.2) is 38.2 Å². The van der Waals surface area contributed by atoms with Crippen molar-refractivity contribution in [3.63, 3.8) is 0 Å². The lowest BCUT2D eigenvalue weighted by Crippen LogP contribution is -2.15. The van der Waals surface area contributed by atoms with Gasteiger partial charge in [0, 0.05) is 18.3 Å². The Bertz CT molecular complexity index is 739. The molecule has 0 fully saturated rings. The predicted octanol–water partition coefficient (Wildman–Crippen LogP) is 3.57. The molecule has 25 heavy (non-hydrogen) atoms. The zero-order valence-corrected chi connectivity index (χ0v) is 15.5. The number of aliphatic imine (C=N–C) groups is 1. The van der Waals surface area contributed by atoms with E-state index in [1.807, 2.05) is 0 Å². The van der Waals surface area contributed by atoms with Gasteiger partial charge in [-0.25, -0.2) is 9.79 Å². The van der Waals surface area contributed by atoms with Crippen LogP contribution in [0.2, 0.25) is 0 Å². The molecule has 6 nitrogen and oxygen atoms in total. The zero-order chi connectivity index (χ0) is 19.0. The lowest BCUT2D eigenvalue weighted by Gasteiger charge is -2.12. The van der Waals surface area contributed by atoms with Gasteiger partial charge < -0.3 is 20.2 Å². The number of carbonyl (C=O) groups is 1. The van der Waals surface area contributed by atoms with Crippen LogP contribution >= 0.6 is 11.6 Å². The Morgan fingerprint density at radius 3 is 2.68 bits per heavy atom. The minimum absolute atomic E-state index is 0.0641. The first-order chi connectivity index (χ1) is 11.8. The van der Waals surface area contributed by atoms with E-state index in [4.69, 9.17) is 26.5 Å². The molecule has 0 bridgehead atoms. The third kappa shape index (κ3) is 5.46. The third-order valence-electron chi connectivity index (χ3n) is 3.18. The standard InChI is InChI=1S/C18H22ClN3O3/c1-6-25-18(23)11(2)15(10-16(19)21-4)22-14-9-7-8-13(12(3)20)17(14)24-5/h7-10,20-21H,2,6H2,1,3-5H3. The van der Waals surface area contributed by atoms with E-state index in [0.29, 0.717) is 22.7 Å². The number of nitrogens with zero attached hydrogens (tertiary/aromatic N) is 1. The topological polar surface area (TPSA) is 83.8 Å². The van der Waals surface area contributed by atoms with Gasteiger partial charge in [-0.2, -0.15) is 0 Å². The fraction of sp³-hybridized carbons (Fsp3) is 0.278. The summed E-state index contributed by atoms with van der Waals surface area (Å²) in [5, 5.41) is 10.9. The number of para-hydroxylation sites is 1. The van der Waals surface area contributed by atoms with Crippen LogP contribution in [0.15, 0.2) is 46.6 Å². The average Bonchev–Trinajstić information content (AvgIpc) is 2.60. The normalized spacial score (nSPS) is 11.7. The molecule has 1 aromatic rings. The van der Waals surface area contributed by atoms with E-state index in [9.17, 15) is 4.79 Å².